The first-order valence-electron chi connectivity index (χ1n) is 14.3. The van der Waals surface area contributed by atoms with Crippen molar-refractivity contribution in [1.29, 1.82) is 0 Å². The summed E-state index contributed by atoms with van der Waals surface area (Å²) in [7, 11) is 0. The fourth-order valence-corrected chi connectivity index (χ4v) is 8.32. The predicted octanol–water partition coefficient (Wildman–Crippen LogP) is 6.83. The zero-order valence-corrected chi connectivity index (χ0v) is 22.7. The van der Waals surface area contributed by atoms with Crippen molar-refractivity contribution >= 4 is 11.6 Å². The summed E-state index contributed by atoms with van der Waals surface area (Å²) < 4.78 is 21.1. The minimum absolute atomic E-state index is 0.119. The lowest BCUT2D eigenvalue weighted by Gasteiger charge is -2.57. The maximum Gasteiger partial charge on any atom is 0.187 e. The number of aromatic nitrogens is 2. The smallest absolute Gasteiger partial charge is 0.187 e. The molecule has 0 spiro atoms. The molecular formula is C32H37ClN2O3. The number of imidazole rings is 1. The number of ether oxygens (including phenoxy) is 3. The van der Waals surface area contributed by atoms with Crippen LogP contribution >= 0.6 is 11.6 Å². The summed E-state index contributed by atoms with van der Waals surface area (Å²) in [5, 5.41) is 0.749. The van der Waals surface area contributed by atoms with Crippen LogP contribution in [0.25, 0.3) is 0 Å². The molecule has 2 atom stereocenters. The number of benzene rings is 2. The van der Waals surface area contributed by atoms with Gasteiger partial charge in [0.1, 0.15) is 18.5 Å². The van der Waals surface area contributed by atoms with Crippen LogP contribution in [0.4, 0.5) is 0 Å². The number of nitrogens with zero attached hydrogens (tertiary/aromatic N) is 2. The van der Waals surface area contributed by atoms with Gasteiger partial charge < -0.3 is 18.8 Å². The van der Waals surface area contributed by atoms with Crippen LogP contribution < -0.4 is 4.74 Å². The molecule has 0 amide bonds. The van der Waals surface area contributed by atoms with Crippen LogP contribution in [0.1, 0.15) is 56.1 Å². The van der Waals surface area contributed by atoms with E-state index in [9.17, 15) is 0 Å². The topological polar surface area (TPSA) is 45.5 Å². The average molecular weight is 533 g/mol. The van der Waals surface area contributed by atoms with Gasteiger partial charge in [-0.05, 0) is 104 Å². The van der Waals surface area contributed by atoms with E-state index in [0.29, 0.717) is 25.2 Å². The summed E-state index contributed by atoms with van der Waals surface area (Å²) in [4.78, 5) is 4.20. The van der Waals surface area contributed by atoms with Crippen LogP contribution in [0.5, 0.6) is 5.75 Å². The van der Waals surface area contributed by atoms with E-state index in [1.165, 1.54) is 49.7 Å². The van der Waals surface area contributed by atoms with Gasteiger partial charge in [0, 0.05) is 23.8 Å². The monoisotopic (exact) mass is 532 g/mol. The molecular weight excluding hydrogens is 496 g/mol. The maximum absolute atomic E-state index is 6.56. The van der Waals surface area contributed by atoms with Crippen LogP contribution in [-0.2, 0) is 27.9 Å². The Balaban J connectivity index is 0.983. The van der Waals surface area contributed by atoms with Crippen LogP contribution in [0.2, 0.25) is 5.02 Å². The van der Waals surface area contributed by atoms with Crippen molar-refractivity contribution < 1.29 is 14.2 Å². The van der Waals surface area contributed by atoms with Crippen molar-refractivity contribution in [2.45, 2.75) is 75.2 Å². The molecule has 0 N–H and O–H groups in total. The third-order valence-electron chi connectivity index (χ3n) is 9.55. The van der Waals surface area contributed by atoms with Crippen molar-refractivity contribution in [3.63, 3.8) is 0 Å². The van der Waals surface area contributed by atoms with E-state index in [0.717, 1.165) is 41.4 Å². The van der Waals surface area contributed by atoms with Gasteiger partial charge in [-0.2, -0.15) is 0 Å². The van der Waals surface area contributed by atoms with Gasteiger partial charge in [0.05, 0.1) is 19.5 Å². The average Bonchev–Trinajstić information content (AvgIpc) is 3.57. The molecule has 0 radical (unpaired) electrons. The summed E-state index contributed by atoms with van der Waals surface area (Å²) in [6, 6.07) is 17.0. The number of aryl methyl sites for hydroxylation is 1. The quantitative estimate of drug-likeness (QED) is 0.303. The lowest BCUT2D eigenvalue weighted by molar-refractivity contribution is -0.184. The molecule has 4 saturated carbocycles. The van der Waals surface area contributed by atoms with Crippen LogP contribution in [-0.4, -0.2) is 34.7 Å². The highest BCUT2D eigenvalue weighted by Crippen LogP contribution is 2.60. The Morgan fingerprint density at radius 2 is 1.66 bits per heavy atom. The van der Waals surface area contributed by atoms with Crippen LogP contribution in [0, 0.1) is 17.8 Å². The van der Waals surface area contributed by atoms with Gasteiger partial charge in [-0.15, -0.1) is 0 Å². The summed E-state index contributed by atoms with van der Waals surface area (Å²) in [6.07, 6.45) is 15.6. The van der Waals surface area contributed by atoms with E-state index < -0.39 is 5.79 Å². The zero-order valence-electron chi connectivity index (χ0n) is 21.9. The van der Waals surface area contributed by atoms with Crippen molar-refractivity contribution in [1.82, 2.24) is 9.55 Å². The number of rotatable bonds is 9. The van der Waals surface area contributed by atoms with E-state index in [2.05, 4.69) is 41.4 Å². The third kappa shape index (κ3) is 5.01. The maximum atomic E-state index is 6.56. The van der Waals surface area contributed by atoms with Crippen molar-refractivity contribution in [3.8, 4) is 5.75 Å². The SMILES string of the molecule is Clc1ccc(CCC2(Cn3ccnc3)OCC(COc3ccc(C45CC6CC(CC(C6)C4)C5)cc3)O2)cc1. The van der Waals surface area contributed by atoms with Crippen LogP contribution in [0.15, 0.2) is 67.3 Å². The molecule has 1 aliphatic heterocycles. The van der Waals surface area contributed by atoms with Crippen molar-refractivity contribution in [3.05, 3.63) is 83.4 Å². The van der Waals surface area contributed by atoms with Crippen molar-refractivity contribution in [2.75, 3.05) is 13.2 Å². The van der Waals surface area contributed by atoms with E-state index in [1.54, 1.807) is 6.20 Å². The third-order valence-corrected chi connectivity index (χ3v) is 9.80. The normalized spacial score (nSPS) is 33.6. The molecule has 200 valence electrons. The first-order chi connectivity index (χ1) is 18.5. The van der Waals surface area contributed by atoms with E-state index in [1.807, 2.05) is 29.2 Å². The number of hydrogen-bond donors (Lipinski definition) is 0. The van der Waals surface area contributed by atoms with Gasteiger partial charge >= 0.3 is 0 Å². The summed E-state index contributed by atoms with van der Waals surface area (Å²) >= 11 is 6.07. The lowest BCUT2D eigenvalue weighted by atomic mass is 9.48. The van der Waals surface area contributed by atoms with Gasteiger partial charge in [0.25, 0.3) is 0 Å². The summed E-state index contributed by atoms with van der Waals surface area (Å²) in [5.74, 6) is 3.07. The van der Waals surface area contributed by atoms with E-state index in [4.69, 9.17) is 25.8 Å². The Labute approximate surface area is 230 Å². The highest BCUT2D eigenvalue weighted by Gasteiger charge is 2.51. The van der Waals surface area contributed by atoms with Gasteiger partial charge in [0.2, 0.25) is 0 Å². The second kappa shape index (κ2) is 10.0. The fourth-order valence-electron chi connectivity index (χ4n) is 8.19. The highest BCUT2D eigenvalue weighted by atomic mass is 35.5. The molecule has 5 nitrogen and oxygen atoms in total. The molecule has 38 heavy (non-hydrogen) atoms. The first-order valence-corrected chi connectivity index (χ1v) is 14.7. The molecule has 4 bridgehead atoms. The molecule has 2 aromatic carbocycles. The van der Waals surface area contributed by atoms with Gasteiger partial charge in [0.15, 0.2) is 5.79 Å². The molecule has 1 saturated heterocycles. The Morgan fingerprint density at radius 3 is 2.32 bits per heavy atom. The Bertz CT molecular complexity index is 1190. The Morgan fingerprint density at radius 1 is 0.947 bits per heavy atom. The number of halogens is 1. The van der Waals surface area contributed by atoms with Gasteiger partial charge in [-0.25, -0.2) is 4.98 Å². The molecule has 2 unspecified atom stereocenters. The van der Waals surface area contributed by atoms with E-state index in [-0.39, 0.29) is 6.10 Å². The van der Waals surface area contributed by atoms with Crippen LogP contribution in [0.3, 0.4) is 0 Å². The largest absolute Gasteiger partial charge is 0.491 e. The van der Waals surface area contributed by atoms with Crippen molar-refractivity contribution in [2.24, 2.45) is 17.8 Å². The molecule has 6 heteroatoms. The molecule has 5 aliphatic rings. The van der Waals surface area contributed by atoms with Gasteiger partial charge in [-0.1, -0.05) is 35.9 Å². The second-order valence-electron chi connectivity index (χ2n) is 12.4. The van der Waals surface area contributed by atoms with E-state index >= 15 is 0 Å². The standard InChI is InChI=1S/C32H37ClN2O3/c33-28-5-1-23(2-6-28)9-10-32(21-35-12-11-34-22-35)37-20-30(38-32)19-36-29-7-3-27(4-8-29)31-16-24-13-25(17-31)15-26(14-24)18-31/h1-8,11-12,22,24-26,30H,9-10,13-21H2. The van der Waals surface area contributed by atoms with Gasteiger partial charge in [-0.3, -0.25) is 0 Å². The summed E-state index contributed by atoms with van der Waals surface area (Å²) in [5.41, 5.74) is 3.17. The number of hydrogen-bond acceptors (Lipinski definition) is 4. The fraction of sp³-hybridized carbons (Fsp3) is 0.531. The Kier molecular flexibility index (Phi) is 6.50. The molecule has 1 aromatic heterocycles. The lowest BCUT2D eigenvalue weighted by Crippen LogP contribution is -2.48. The molecule has 5 fully saturated rings. The zero-order chi connectivity index (χ0) is 25.6. The predicted molar refractivity (Wildman–Crippen MR) is 147 cm³/mol. The molecule has 8 rings (SSSR count). The summed E-state index contributed by atoms with van der Waals surface area (Å²) in [6.45, 7) is 1.58. The first kappa shape index (κ1) is 24.7. The minimum Gasteiger partial charge on any atom is -0.491 e. The highest BCUT2D eigenvalue weighted by molar-refractivity contribution is 6.30. The molecule has 4 aliphatic carbocycles. The second-order valence-corrected chi connectivity index (χ2v) is 12.8. The molecule has 2 heterocycles. The minimum atomic E-state index is -0.712. The molecule has 3 aromatic rings. The Hall–Kier alpha value is -2.34.